The quantitative estimate of drug-likeness (QED) is 0.581. The van der Waals surface area contributed by atoms with Gasteiger partial charge in [-0.3, -0.25) is 14.0 Å². The Kier molecular flexibility index (Phi) is 6.11. The molecule has 0 bridgehead atoms. The molecule has 1 fully saturated rings. The molecule has 1 aliphatic heterocycles. The maximum Gasteiger partial charge on any atom is 0.244 e. The van der Waals surface area contributed by atoms with E-state index in [0.717, 1.165) is 30.2 Å². The molecule has 0 atom stereocenters. The van der Waals surface area contributed by atoms with Crippen LogP contribution in [-0.4, -0.2) is 63.4 Å². The van der Waals surface area contributed by atoms with E-state index in [0.29, 0.717) is 34.7 Å². The number of amides is 1. The molecule has 0 unspecified atom stereocenters. The van der Waals surface area contributed by atoms with Gasteiger partial charge in [0, 0.05) is 44.1 Å². The number of imidazole rings is 1. The van der Waals surface area contributed by atoms with Crippen LogP contribution in [0.5, 0.6) is 5.75 Å². The molecular formula is C21H24Cl2N6O2. The number of aromatic nitrogens is 4. The Hall–Kier alpha value is -2.71. The van der Waals surface area contributed by atoms with Crippen molar-refractivity contribution in [2.75, 3.05) is 38.2 Å². The third kappa shape index (κ3) is 4.36. The number of aryl methyl sites for hydroxylation is 1. The van der Waals surface area contributed by atoms with Crippen LogP contribution in [0.2, 0.25) is 10.0 Å². The van der Waals surface area contributed by atoms with Gasteiger partial charge in [-0.25, -0.2) is 4.98 Å². The van der Waals surface area contributed by atoms with Crippen LogP contribution in [0.4, 0.5) is 5.69 Å². The highest BCUT2D eigenvalue weighted by atomic mass is 35.5. The van der Waals surface area contributed by atoms with Crippen LogP contribution in [0.1, 0.15) is 11.4 Å². The zero-order chi connectivity index (χ0) is 22.1. The highest BCUT2D eigenvalue weighted by Gasteiger charge is 2.24. The Morgan fingerprint density at radius 1 is 1.16 bits per heavy atom. The van der Waals surface area contributed by atoms with Gasteiger partial charge in [0.05, 0.1) is 23.5 Å². The smallest absolute Gasteiger partial charge is 0.244 e. The van der Waals surface area contributed by atoms with Gasteiger partial charge in [-0.15, -0.1) is 0 Å². The van der Waals surface area contributed by atoms with Crippen molar-refractivity contribution >= 4 is 34.8 Å². The minimum absolute atomic E-state index is 0.0176. The number of piperazine rings is 1. The number of ether oxygens (including phenoxy) is 1. The number of methoxy groups -OCH3 is 1. The van der Waals surface area contributed by atoms with E-state index < -0.39 is 0 Å². The molecule has 10 heteroatoms. The summed E-state index contributed by atoms with van der Waals surface area (Å²) in [6.07, 6.45) is 3.52. The number of carbonyl (C=O) groups excluding carboxylic acids is 1. The average Bonchev–Trinajstić information content (AvgIpc) is 3.32. The molecule has 1 amide bonds. The molecule has 0 radical (unpaired) electrons. The van der Waals surface area contributed by atoms with Gasteiger partial charge in [0.1, 0.15) is 23.6 Å². The predicted molar refractivity (Wildman–Crippen MR) is 121 cm³/mol. The molecule has 4 rings (SSSR count). The summed E-state index contributed by atoms with van der Waals surface area (Å²) in [6, 6.07) is 5.72. The molecule has 1 aliphatic rings. The maximum absolute atomic E-state index is 12.9. The third-order valence-electron chi connectivity index (χ3n) is 5.49. The summed E-state index contributed by atoms with van der Waals surface area (Å²) in [6.45, 7) is 6.63. The minimum atomic E-state index is 0.0176. The highest BCUT2D eigenvalue weighted by Crippen LogP contribution is 2.30. The van der Waals surface area contributed by atoms with Crippen molar-refractivity contribution in [3.8, 4) is 11.6 Å². The zero-order valence-electron chi connectivity index (χ0n) is 17.7. The van der Waals surface area contributed by atoms with Crippen LogP contribution in [-0.2, 0) is 11.3 Å². The molecule has 0 spiro atoms. The fraction of sp³-hybridized carbons (Fsp3) is 0.381. The molecule has 31 heavy (non-hydrogen) atoms. The van der Waals surface area contributed by atoms with Gasteiger partial charge in [0.15, 0.2) is 5.82 Å². The number of carbonyl (C=O) groups is 1. The normalized spacial score (nSPS) is 14.2. The Morgan fingerprint density at radius 3 is 2.55 bits per heavy atom. The molecule has 3 heterocycles. The molecule has 0 saturated carbocycles. The van der Waals surface area contributed by atoms with E-state index in [9.17, 15) is 4.79 Å². The van der Waals surface area contributed by atoms with Gasteiger partial charge in [-0.2, -0.15) is 5.10 Å². The maximum atomic E-state index is 12.9. The predicted octanol–water partition coefficient (Wildman–Crippen LogP) is 3.35. The molecule has 0 N–H and O–H groups in total. The van der Waals surface area contributed by atoms with Crippen molar-refractivity contribution in [1.82, 2.24) is 24.2 Å². The summed E-state index contributed by atoms with van der Waals surface area (Å²) >= 11 is 12.6. The van der Waals surface area contributed by atoms with Gasteiger partial charge < -0.3 is 14.5 Å². The monoisotopic (exact) mass is 462 g/mol. The Bertz CT molecular complexity index is 1100. The van der Waals surface area contributed by atoms with Gasteiger partial charge >= 0.3 is 0 Å². The standard InChI is InChI=1S/C21H24Cl2N6O2/c1-14-11-28(13-24-14)21-20(23)15(2)29(25-21)12-19(30)27-8-6-26(7-9-27)16-4-5-17(22)18(10-16)31-3/h4-5,10-11,13H,6-9,12H2,1-3H3. The molecule has 2 aromatic heterocycles. The lowest BCUT2D eigenvalue weighted by Gasteiger charge is -2.36. The van der Waals surface area contributed by atoms with Crippen molar-refractivity contribution < 1.29 is 9.53 Å². The van der Waals surface area contributed by atoms with E-state index in [2.05, 4.69) is 15.0 Å². The van der Waals surface area contributed by atoms with E-state index in [4.69, 9.17) is 27.9 Å². The molecule has 0 aliphatic carbocycles. The van der Waals surface area contributed by atoms with Gasteiger partial charge in [0.25, 0.3) is 0 Å². The van der Waals surface area contributed by atoms with Crippen LogP contribution < -0.4 is 9.64 Å². The number of anilines is 1. The number of rotatable bonds is 5. The summed E-state index contributed by atoms with van der Waals surface area (Å²) in [5.41, 5.74) is 2.65. The molecule has 1 saturated heterocycles. The van der Waals surface area contributed by atoms with Crippen LogP contribution in [0.15, 0.2) is 30.7 Å². The first-order valence-electron chi connectivity index (χ1n) is 9.97. The Morgan fingerprint density at radius 2 is 1.90 bits per heavy atom. The number of nitrogens with zero attached hydrogens (tertiary/aromatic N) is 6. The lowest BCUT2D eigenvalue weighted by molar-refractivity contribution is -0.132. The largest absolute Gasteiger partial charge is 0.495 e. The number of hydrogen-bond donors (Lipinski definition) is 0. The SMILES string of the molecule is COc1cc(N2CCN(C(=O)Cn3nc(-n4cnc(C)c4)c(Cl)c3C)CC2)ccc1Cl. The molecule has 1 aromatic carbocycles. The lowest BCUT2D eigenvalue weighted by Crippen LogP contribution is -2.49. The zero-order valence-corrected chi connectivity index (χ0v) is 19.2. The number of benzene rings is 1. The van der Waals surface area contributed by atoms with Crippen LogP contribution in [0.3, 0.4) is 0 Å². The Balaban J connectivity index is 1.41. The number of hydrogen-bond acceptors (Lipinski definition) is 5. The van der Waals surface area contributed by atoms with Crippen LogP contribution in [0, 0.1) is 13.8 Å². The molecule has 3 aromatic rings. The summed E-state index contributed by atoms with van der Waals surface area (Å²) in [4.78, 5) is 21.2. The van der Waals surface area contributed by atoms with Gasteiger partial charge in [-0.1, -0.05) is 23.2 Å². The first-order valence-corrected chi connectivity index (χ1v) is 10.7. The summed E-state index contributed by atoms with van der Waals surface area (Å²) < 4.78 is 8.74. The second-order valence-corrected chi connectivity index (χ2v) is 8.27. The summed E-state index contributed by atoms with van der Waals surface area (Å²) in [5, 5.41) is 5.64. The van der Waals surface area contributed by atoms with E-state index in [-0.39, 0.29) is 12.5 Å². The van der Waals surface area contributed by atoms with Crippen molar-refractivity contribution in [3.05, 3.63) is 52.2 Å². The van der Waals surface area contributed by atoms with E-state index in [1.807, 2.05) is 43.1 Å². The topological polar surface area (TPSA) is 68.4 Å². The fourth-order valence-corrected chi connectivity index (χ4v) is 4.08. The number of halogens is 2. The van der Waals surface area contributed by atoms with Crippen molar-refractivity contribution in [2.45, 2.75) is 20.4 Å². The van der Waals surface area contributed by atoms with Crippen molar-refractivity contribution in [3.63, 3.8) is 0 Å². The van der Waals surface area contributed by atoms with Gasteiger partial charge in [0.2, 0.25) is 5.91 Å². The van der Waals surface area contributed by atoms with E-state index in [1.54, 1.807) is 22.7 Å². The fourth-order valence-electron chi connectivity index (χ4n) is 3.65. The summed E-state index contributed by atoms with van der Waals surface area (Å²) in [7, 11) is 1.60. The van der Waals surface area contributed by atoms with Crippen LogP contribution >= 0.6 is 23.2 Å². The average molecular weight is 463 g/mol. The third-order valence-corrected chi connectivity index (χ3v) is 6.24. The first-order chi connectivity index (χ1) is 14.9. The first kappa shape index (κ1) is 21.5. The summed E-state index contributed by atoms with van der Waals surface area (Å²) in [5.74, 6) is 1.24. The lowest BCUT2D eigenvalue weighted by atomic mass is 10.2. The van der Waals surface area contributed by atoms with Crippen molar-refractivity contribution in [2.24, 2.45) is 0 Å². The second kappa shape index (κ2) is 8.80. The van der Waals surface area contributed by atoms with Gasteiger partial charge in [-0.05, 0) is 26.0 Å². The highest BCUT2D eigenvalue weighted by molar-refractivity contribution is 6.33. The van der Waals surface area contributed by atoms with E-state index in [1.165, 1.54) is 0 Å². The second-order valence-electron chi connectivity index (χ2n) is 7.49. The molecule has 8 nitrogen and oxygen atoms in total. The molecule has 164 valence electrons. The van der Waals surface area contributed by atoms with Crippen molar-refractivity contribution in [1.29, 1.82) is 0 Å². The van der Waals surface area contributed by atoms with Crippen LogP contribution in [0.25, 0.3) is 5.82 Å². The Labute approximate surface area is 190 Å². The minimum Gasteiger partial charge on any atom is -0.495 e. The van der Waals surface area contributed by atoms with E-state index >= 15 is 0 Å². The molecular weight excluding hydrogens is 439 g/mol.